The fraction of sp³-hybridized carbons (Fsp3) is 0.556. The van der Waals surface area contributed by atoms with Crippen molar-refractivity contribution >= 4 is 23.7 Å². The summed E-state index contributed by atoms with van der Waals surface area (Å²) in [5.74, 6) is 2.04. The minimum atomic E-state index is -0.0335. The molecule has 0 radical (unpaired) electrons. The molecule has 2 fully saturated rings. The maximum Gasteiger partial charge on any atom is 0.248 e. The highest BCUT2D eigenvalue weighted by molar-refractivity contribution is 5.49. The van der Waals surface area contributed by atoms with E-state index in [1.54, 1.807) is 6.20 Å². The van der Waals surface area contributed by atoms with Crippen molar-refractivity contribution in [1.82, 2.24) is 19.9 Å². The van der Waals surface area contributed by atoms with E-state index in [1.165, 1.54) is 0 Å². The highest BCUT2D eigenvalue weighted by Gasteiger charge is 2.28. The molecule has 4 atom stereocenters. The van der Waals surface area contributed by atoms with Gasteiger partial charge in [-0.3, -0.25) is 10.9 Å². The van der Waals surface area contributed by atoms with Gasteiger partial charge < -0.3 is 32.7 Å². The molecule has 4 heterocycles. The van der Waals surface area contributed by atoms with Crippen LogP contribution in [-0.2, 0) is 0 Å². The number of aromatic nitrogens is 4. The first-order valence-corrected chi connectivity index (χ1v) is 10.2. The molecule has 30 heavy (non-hydrogen) atoms. The van der Waals surface area contributed by atoms with Gasteiger partial charge in [-0.05, 0) is 25.0 Å². The zero-order valence-corrected chi connectivity index (χ0v) is 16.9. The molecule has 0 bridgehead atoms. The summed E-state index contributed by atoms with van der Waals surface area (Å²) in [4.78, 5) is 22.1. The Morgan fingerprint density at radius 1 is 0.733 bits per heavy atom. The van der Waals surface area contributed by atoms with E-state index in [1.807, 2.05) is 28.0 Å². The lowest BCUT2D eigenvalue weighted by Crippen LogP contribution is -2.54. The summed E-state index contributed by atoms with van der Waals surface area (Å²) in [5, 5.41) is 0. The van der Waals surface area contributed by atoms with Crippen molar-refractivity contribution in [2.24, 2.45) is 22.9 Å². The van der Waals surface area contributed by atoms with Crippen LogP contribution in [0.5, 0.6) is 0 Å². The molecular weight excluding hydrogens is 384 g/mol. The molecule has 0 aliphatic carbocycles. The number of rotatable bonds is 5. The molecule has 2 aromatic rings. The Balaban J connectivity index is 1.61. The Morgan fingerprint density at radius 2 is 1.27 bits per heavy atom. The number of nitrogens with one attached hydrogen (secondary N) is 2. The standard InChI is InChI=1S/C18H30N12/c19-11-5-12(20)8-29(7-11)17-24-16(28-27-15-3-1-2-4-23-15)25-18(26-17)30-9-13(21)6-14(22)10-30/h1-4,11-14H,5-10,19-22H2,(H,23,27)(H,24,25,26,28)/t11-,12+,13-,14+. The monoisotopic (exact) mass is 414 g/mol. The molecule has 2 aliphatic rings. The van der Waals surface area contributed by atoms with Crippen LogP contribution in [0.1, 0.15) is 12.8 Å². The van der Waals surface area contributed by atoms with Crippen LogP contribution in [-0.4, -0.2) is 70.3 Å². The van der Waals surface area contributed by atoms with Crippen LogP contribution in [0.2, 0.25) is 0 Å². The molecule has 4 rings (SSSR count). The van der Waals surface area contributed by atoms with Crippen LogP contribution in [0, 0.1) is 0 Å². The van der Waals surface area contributed by atoms with Gasteiger partial charge in [0.2, 0.25) is 17.8 Å². The maximum absolute atomic E-state index is 6.17. The third-order valence-electron chi connectivity index (χ3n) is 5.18. The first kappa shape index (κ1) is 20.5. The SMILES string of the molecule is N[C@@H]1C[C@H](N)CN(c2nc(NNc3ccccn3)nc(N3C[C@H](N)C[C@H](N)C3)n2)C1. The normalized spacial score (nSPS) is 27.1. The van der Waals surface area contributed by atoms with Crippen LogP contribution in [0.3, 0.4) is 0 Å². The van der Waals surface area contributed by atoms with E-state index in [2.05, 4.69) is 25.8 Å². The second-order valence-electron chi connectivity index (χ2n) is 8.05. The molecule has 0 amide bonds. The summed E-state index contributed by atoms with van der Waals surface area (Å²) in [6.07, 6.45) is 3.24. The summed E-state index contributed by atoms with van der Waals surface area (Å²) in [7, 11) is 0. The van der Waals surface area contributed by atoms with E-state index in [-0.39, 0.29) is 24.2 Å². The Hall–Kier alpha value is -2.80. The van der Waals surface area contributed by atoms with Gasteiger partial charge in [0.15, 0.2) is 0 Å². The summed E-state index contributed by atoms with van der Waals surface area (Å²) in [5.41, 5.74) is 30.7. The number of hydrogen-bond acceptors (Lipinski definition) is 12. The Kier molecular flexibility index (Phi) is 6.08. The quantitative estimate of drug-likeness (QED) is 0.309. The average Bonchev–Trinajstić information content (AvgIpc) is 2.71. The predicted molar refractivity (Wildman–Crippen MR) is 117 cm³/mol. The molecule has 10 N–H and O–H groups in total. The molecule has 0 spiro atoms. The highest BCUT2D eigenvalue weighted by atomic mass is 15.5. The molecule has 0 unspecified atom stereocenters. The van der Waals surface area contributed by atoms with Crippen molar-refractivity contribution in [2.75, 3.05) is 46.8 Å². The average molecular weight is 415 g/mol. The summed E-state index contributed by atoms with van der Waals surface area (Å²) >= 11 is 0. The summed E-state index contributed by atoms with van der Waals surface area (Å²) in [6, 6.07) is 5.43. The first-order chi connectivity index (χ1) is 14.5. The van der Waals surface area contributed by atoms with Crippen molar-refractivity contribution in [3.63, 3.8) is 0 Å². The van der Waals surface area contributed by atoms with Gasteiger partial charge in [0, 0.05) is 56.5 Å². The van der Waals surface area contributed by atoms with Crippen molar-refractivity contribution in [3.05, 3.63) is 24.4 Å². The van der Waals surface area contributed by atoms with E-state index in [0.717, 1.165) is 12.8 Å². The number of piperidine rings is 2. The molecule has 12 nitrogen and oxygen atoms in total. The molecule has 162 valence electrons. The summed E-state index contributed by atoms with van der Waals surface area (Å²) < 4.78 is 0. The molecule has 0 saturated carbocycles. The molecule has 0 aromatic carbocycles. The fourth-order valence-corrected chi connectivity index (χ4v) is 3.93. The van der Waals surface area contributed by atoms with E-state index < -0.39 is 0 Å². The van der Waals surface area contributed by atoms with Crippen molar-refractivity contribution in [1.29, 1.82) is 0 Å². The zero-order chi connectivity index (χ0) is 21.1. The van der Waals surface area contributed by atoms with Gasteiger partial charge in [0.1, 0.15) is 5.82 Å². The van der Waals surface area contributed by atoms with Crippen LogP contribution in [0.15, 0.2) is 24.4 Å². The lowest BCUT2D eigenvalue weighted by Gasteiger charge is -2.37. The zero-order valence-electron chi connectivity index (χ0n) is 16.9. The van der Waals surface area contributed by atoms with E-state index in [9.17, 15) is 0 Å². The minimum Gasteiger partial charge on any atom is -0.338 e. The third-order valence-corrected chi connectivity index (χ3v) is 5.18. The largest absolute Gasteiger partial charge is 0.338 e. The van der Waals surface area contributed by atoms with Gasteiger partial charge in [-0.1, -0.05) is 6.07 Å². The molecular formula is C18H30N12. The Bertz CT molecular complexity index is 769. The van der Waals surface area contributed by atoms with E-state index >= 15 is 0 Å². The van der Waals surface area contributed by atoms with Crippen LogP contribution in [0.4, 0.5) is 23.7 Å². The number of nitrogens with two attached hydrogens (primary N) is 4. The number of pyridine rings is 1. The molecule has 2 aliphatic heterocycles. The Labute approximate surface area is 175 Å². The van der Waals surface area contributed by atoms with Crippen LogP contribution < -0.4 is 43.6 Å². The maximum atomic E-state index is 6.17. The number of anilines is 4. The van der Waals surface area contributed by atoms with Gasteiger partial charge in [0.05, 0.1) is 0 Å². The van der Waals surface area contributed by atoms with E-state index in [0.29, 0.717) is 49.8 Å². The van der Waals surface area contributed by atoms with Crippen molar-refractivity contribution in [2.45, 2.75) is 37.0 Å². The smallest absolute Gasteiger partial charge is 0.248 e. The fourth-order valence-electron chi connectivity index (χ4n) is 3.93. The number of hydrogen-bond donors (Lipinski definition) is 6. The topological polar surface area (TPSA) is 186 Å². The van der Waals surface area contributed by atoms with Gasteiger partial charge in [0.25, 0.3) is 0 Å². The highest BCUT2D eigenvalue weighted by Crippen LogP contribution is 2.22. The lowest BCUT2D eigenvalue weighted by atomic mass is 10.0. The molecule has 2 aromatic heterocycles. The van der Waals surface area contributed by atoms with Gasteiger partial charge >= 0.3 is 0 Å². The molecule has 2 saturated heterocycles. The lowest BCUT2D eigenvalue weighted by molar-refractivity contribution is 0.441. The Morgan fingerprint density at radius 3 is 1.73 bits per heavy atom. The van der Waals surface area contributed by atoms with Crippen molar-refractivity contribution in [3.8, 4) is 0 Å². The summed E-state index contributed by atoms with van der Waals surface area (Å²) in [6.45, 7) is 2.51. The van der Waals surface area contributed by atoms with Gasteiger partial charge in [-0.25, -0.2) is 4.98 Å². The molecule has 12 heteroatoms. The second-order valence-corrected chi connectivity index (χ2v) is 8.05. The van der Waals surface area contributed by atoms with Crippen LogP contribution in [0.25, 0.3) is 0 Å². The number of nitrogens with zero attached hydrogens (tertiary/aromatic N) is 6. The van der Waals surface area contributed by atoms with Crippen molar-refractivity contribution < 1.29 is 0 Å². The minimum absolute atomic E-state index is 0.0335. The van der Waals surface area contributed by atoms with E-state index in [4.69, 9.17) is 27.9 Å². The van der Waals surface area contributed by atoms with Gasteiger partial charge in [-0.15, -0.1) is 0 Å². The van der Waals surface area contributed by atoms with Crippen LogP contribution >= 0.6 is 0 Å². The van der Waals surface area contributed by atoms with Gasteiger partial charge in [-0.2, -0.15) is 15.0 Å². The second kappa shape index (κ2) is 8.92. The predicted octanol–water partition coefficient (Wildman–Crippen LogP) is -1.56. The number of hydrazine groups is 1. The third kappa shape index (κ3) is 5.02. The first-order valence-electron chi connectivity index (χ1n) is 10.2.